The van der Waals surface area contributed by atoms with Gasteiger partial charge in [-0.25, -0.2) is 0 Å². The van der Waals surface area contributed by atoms with E-state index >= 15 is 0 Å². The predicted molar refractivity (Wildman–Crippen MR) is 57.5 cm³/mol. The van der Waals surface area contributed by atoms with Crippen LogP contribution < -0.4 is 4.74 Å². The highest BCUT2D eigenvalue weighted by atomic mass is 35.5. The third kappa shape index (κ3) is 2.94. The average Bonchev–Trinajstić information content (AvgIpc) is 2.10. The van der Waals surface area contributed by atoms with E-state index < -0.39 is 0 Å². The summed E-state index contributed by atoms with van der Waals surface area (Å²) < 4.78 is 5.28. The third-order valence-electron chi connectivity index (χ3n) is 1.51. The molecule has 0 heterocycles. The van der Waals surface area contributed by atoms with E-state index in [1.807, 2.05) is 25.1 Å². The molecule has 1 aromatic rings. The lowest BCUT2D eigenvalue weighted by Crippen LogP contribution is -1.91. The summed E-state index contributed by atoms with van der Waals surface area (Å²) in [5.41, 5.74) is 2.41. The maximum absolute atomic E-state index is 5.94. The van der Waals surface area contributed by atoms with Crippen molar-refractivity contribution in [2.45, 2.75) is 6.92 Å². The van der Waals surface area contributed by atoms with Crippen LogP contribution in [0.1, 0.15) is 12.5 Å². The molecule has 0 amide bonds. The minimum absolute atomic E-state index is 0.606. The Morgan fingerprint density at radius 3 is 2.77 bits per heavy atom. The largest absolute Gasteiger partial charge is 0.492 e. The van der Waals surface area contributed by atoms with E-state index in [2.05, 4.69) is 0 Å². The monoisotopic (exact) mass is 216 g/mol. The van der Waals surface area contributed by atoms with Crippen molar-refractivity contribution in [2.75, 3.05) is 6.61 Å². The quantitative estimate of drug-likeness (QED) is 0.744. The van der Waals surface area contributed by atoms with Crippen molar-refractivity contribution in [3.63, 3.8) is 0 Å². The molecule has 1 rings (SSSR count). The highest BCUT2D eigenvalue weighted by Gasteiger charge is 1.99. The number of ether oxygens (including phenoxy) is 1. The first-order valence-corrected chi connectivity index (χ1v) is 4.78. The molecule has 0 N–H and O–H groups in total. The number of rotatable bonds is 3. The molecule has 0 spiro atoms. The first-order valence-electron chi connectivity index (χ1n) is 3.97. The molecule has 13 heavy (non-hydrogen) atoms. The molecule has 0 saturated heterocycles. The highest BCUT2D eigenvalue weighted by molar-refractivity contribution is 6.32. The molecule has 1 nitrogen and oxygen atoms in total. The maximum Gasteiger partial charge on any atom is 0.137 e. The lowest BCUT2D eigenvalue weighted by molar-refractivity contribution is 0.340. The second kappa shape index (κ2) is 5.15. The topological polar surface area (TPSA) is 9.23 Å². The van der Waals surface area contributed by atoms with Gasteiger partial charge < -0.3 is 4.74 Å². The Morgan fingerprint density at radius 1 is 1.46 bits per heavy atom. The fourth-order valence-corrected chi connectivity index (χ4v) is 1.36. The minimum Gasteiger partial charge on any atom is -0.492 e. The van der Waals surface area contributed by atoms with Gasteiger partial charge in [-0.3, -0.25) is 0 Å². The fourth-order valence-electron chi connectivity index (χ4n) is 0.966. The van der Waals surface area contributed by atoms with Crippen molar-refractivity contribution in [3.05, 3.63) is 34.3 Å². The van der Waals surface area contributed by atoms with Crippen LogP contribution in [0.5, 0.6) is 5.75 Å². The molecular formula is C10H10Cl2O. The van der Waals surface area contributed by atoms with Gasteiger partial charge in [0.25, 0.3) is 0 Å². The number of benzene rings is 1. The second-order valence-corrected chi connectivity index (χ2v) is 3.07. The molecule has 0 atom stereocenters. The first-order chi connectivity index (χ1) is 6.27. The molecule has 0 fully saturated rings. The summed E-state index contributed by atoms with van der Waals surface area (Å²) in [6.45, 7) is 2.54. The van der Waals surface area contributed by atoms with E-state index in [4.69, 9.17) is 27.9 Å². The smallest absolute Gasteiger partial charge is 0.137 e. The molecular weight excluding hydrogens is 207 g/mol. The van der Waals surface area contributed by atoms with Crippen molar-refractivity contribution < 1.29 is 4.74 Å². The van der Waals surface area contributed by atoms with E-state index in [-0.39, 0.29) is 0 Å². The Balaban J connectivity index is 2.91. The van der Waals surface area contributed by atoms with Crippen LogP contribution in [-0.4, -0.2) is 6.61 Å². The zero-order chi connectivity index (χ0) is 9.68. The second-order valence-electron chi connectivity index (χ2n) is 2.42. The molecule has 1 aromatic carbocycles. The Kier molecular flexibility index (Phi) is 4.13. The highest BCUT2D eigenvalue weighted by Crippen LogP contribution is 2.25. The van der Waals surface area contributed by atoms with Gasteiger partial charge in [0.1, 0.15) is 5.75 Å². The molecule has 0 aliphatic rings. The molecule has 0 aliphatic heterocycles. The summed E-state index contributed by atoms with van der Waals surface area (Å²) in [5.74, 6) is 0.705. The lowest BCUT2D eigenvalue weighted by Gasteiger charge is -2.05. The van der Waals surface area contributed by atoms with Crippen LogP contribution in [-0.2, 0) is 0 Å². The van der Waals surface area contributed by atoms with Crippen LogP contribution in [0.15, 0.2) is 23.7 Å². The maximum atomic E-state index is 5.94. The van der Waals surface area contributed by atoms with E-state index in [1.54, 1.807) is 6.08 Å². The number of hydrogen-bond acceptors (Lipinski definition) is 1. The molecule has 3 heteroatoms. The molecule has 0 radical (unpaired) electrons. The van der Waals surface area contributed by atoms with Gasteiger partial charge in [0, 0.05) is 5.54 Å². The van der Waals surface area contributed by atoms with Gasteiger partial charge in [-0.1, -0.05) is 29.3 Å². The Labute approximate surface area is 87.9 Å². The van der Waals surface area contributed by atoms with Crippen molar-refractivity contribution in [1.82, 2.24) is 0 Å². The van der Waals surface area contributed by atoms with Gasteiger partial charge in [-0.05, 0) is 30.7 Å². The molecule has 70 valence electrons. The minimum atomic E-state index is 0.606. The summed E-state index contributed by atoms with van der Waals surface area (Å²) in [6, 6.07) is 5.54. The van der Waals surface area contributed by atoms with Gasteiger partial charge >= 0.3 is 0 Å². The zero-order valence-corrected chi connectivity index (χ0v) is 8.77. The van der Waals surface area contributed by atoms with Crippen LogP contribution in [0.4, 0.5) is 0 Å². The molecule has 0 aromatic heterocycles. The van der Waals surface area contributed by atoms with Crippen LogP contribution in [0.3, 0.4) is 0 Å². The number of halogens is 2. The standard InChI is InChI=1S/C10H10Cl2O/c1-2-13-10-4-3-8(5-6-11)7-9(10)12/h3-7H,2H2,1H3. The third-order valence-corrected chi connectivity index (χ3v) is 1.93. The van der Waals surface area contributed by atoms with Crippen molar-refractivity contribution in [2.24, 2.45) is 0 Å². The van der Waals surface area contributed by atoms with Gasteiger partial charge in [0.15, 0.2) is 0 Å². The summed E-state index contributed by atoms with van der Waals surface area (Å²) in [7, 11) is 0. The van der Waals surface area contributed by atoms with Gasteiger partial charge in [-0.15, -0.1) is 0 Å². The average molecular weight is 217 g/mol. The molecule has 0 unspecified atom stereocenters. The Bertz CT molecular complexity index is 308. The van der Waals surface area contributed by atoms with Crippen molar-refractivity contribution in [1.29, 1.82) is 0 Å². The normalized spacial score (nSPS) is 10.7. The zero-order valence-electron chi connectivity index (χ0n) is 7.26. The van der Waals surface area contributed by atoms with E-state index in [9.17, 15) is 0 Å². The molecule has 0 bridgehead atoms. The molecule has 0 aliphatic carbocycles. The summed E-state index contributed by atoms with van der Waals surface area (Å²) in [5, 5.41) is 0.606. The summed E-state index contributed by atoms with van der Waals surface area (Å²) >= 11 is 11.4. The Morgan fingerprint density at radius 2 is 2.23 bits per heavy atom. The lowest BCUT2D eigenvalue weighted by atomic mass is 10.2. The fraction of sp³-hybridized carbons (Fsp3) is 0.200. The van der Waals surface area contributed by atoms with Crippen molar-refractivity contribution in [3.8, 4) is 5.75 Å². The van der Waals surface area contributed by atoms with Crippen LogP contribution >= 0.6 is 23.2 Å². The van der Waals surface area contributed by atoms with Crippen molar-refractivity contribution >= 4 is 29.3 Å². The summed E-state index contributed by atoms with van der Waals surface area (Å²) in [4.78, 5) is 0. The predicted octanol–water partition coefficient (Wildman–Crippen LogP) is 3.95. The SMILES string of the molecule is CCOc1ccc(C=CCl)cc1Cl. The Hall–Kier alpha value is -0.660. The number of hydrogen-bond donors (Lipinski definition) is 0. The van der Waals surface area contributed by atoms with E-state index in [0.717, 1.165) is 5.56 Å². The first kappa shape index (κ1) is 10.4. The van der Waals surface area contributed by atoms with Crippen LogP contribution in [0.25, 0.3) is 6.08 Å². The van der Waals surface area contributed by atoms with Gasteiger partial charge in [0.2, 0.25) is 0 Å². The summed E-state index contributed by atoms with van der Waals surface area (Å²) in [6.07, 6.45) is 1.77. The van der Waals surface area contributed by atoms with Gasteiger partial charge in [0.05, 0.1) is 11.6 Å². The van der Waals surface area contributed by atoms with Crippen LogP contribution in [0.2, 0.25) is 5.02 Å². The van der Waals surface area contributed by atoms with E-state index in [1.165, 1.54) is 5.54 Å². The van der Waals surface area contributed by atoms with E-state index in [0.29, 0.717) is 17.4 Å². The van der Waals surface area contributed by atoms with Crippen LogP contribution in [0, 0.1) is 0 Å². The molecule has 0 saturated carbocycles. The van der Waals surface area contributed by atoms with Gasteiger partial charge in [-0.2, -0.15) is 0 Å².